The van der Waals surface area contributed by atoms with E-state index in [2.05, 4.69) is 34.3 Å². The van der Waals surface area contributed by atoms with Gasteiger partial charge in [-0.05, 0) is 46.9 Å². The average molecular weight is 264 g/mol. The zero-order valence-corrected chi connectivity index (χ0v) is 12.4. The number of anilines is 1. The lowest BCUT2D eigenvalue weighted by atomic mass is 9.88. The smallest absolute Gasteiger partial charge is 0.223 e. The molecule has 2 heterocycles. The summed E-state index contributed by atoms with van der Waals surface area (Å²) in [5.74, 6) is 0.727. The van der Waals surface area contributed by atoms with Gasteiger partial charge in [0.15, 0.2) is 0 Å². The topological polar surface area (TPSA) is 50.3 Å². The SMILES string of the molecule is Cc1cc(C)nc(NCC2(N(C)C)CCOCC2)n1. The maximum absolute atomic E-state index is 5.48. The first-order valence-electron chi connectivity index (χ1n) is 6.83. The molecule has 0 radical (unpaired) electrons. The van der Waals surface area contributed by atoms with Crippen molar-refractivity contribution in [3.8, 4) is 0 Å². The Bertz CT molecular complexity index is 407. The van der Waals surface area contributed by atoms with Crippen molar-refractivity contribution in [2.75, 3.05) is 39.2 Å². The maximum Gasteiger partial charge on any atom is 0.223 e. The highest BCUT2D eigenvalue weighted by Gasteiger charge is 2.34. The van der Waals surface area contributed by atoms with Crippen LogP contribution in [0.4, 0.5) is 5.95 Å². The average Bonchev–Trinajstić information content (AvgIpc) is 2.36. The molecule has 0 amide bonds. The second-order valence-corrected chi connectivity index (χ2v) is 5.56. The van der Waals surface area contributed by atoms with E-state index in [0.717, 1.165) is 49.9 Å². The fourth-order valence-corrected chi connectivity index (χ4v) is 2.58. The van der Waals surface area contributed by atoms with Crippen molar-refractivity contribution >= 4 is 5.95 Å². The third-order valence-corrected chi connectivity index (χ3v) is 3.93. The van der Waals surface area contributed by atoms with E-state index < -0.39 is 0 Å². The van der Waals surface area contributed by atoms with E-state index in [4.69, 9.17) is 4.74 Å². The fraction of sp³-hybridized carbons (Fsp3) is 0.714. The number of hydrogen-bond acceptors (Lipinski definition) is 5. The number of nitrogens with zero attached hydrogens (tertiary/aromatic N) is 3. The van der Waals surface area contributed by atoms with E-state index in [9.17, 15) is 0 Å². The van der Waals surface area contributed by atoms with Crippen LogP contribution < -0.4 is 5.32 Å². The minimum absolute atomic E-state index is 0.138. The summed E-state index contributed by atoms with van der Waals surface area (Å²) in [6.45, 7) is 6.50. The normalized spacial score (nSPS) is 18.6. The molecule has 1 fully saturated rings. The molecule has 5 heteroatoms. The zero-order chi connectivity index (χ0) is 13.9. The molecular formula is C14H24N4O. The summed E-state index contributed by atoms with van der Waals surface area (Å²) >= 11 is 0. The second-order valence-electron chi connectivity index (χ2n) is 5.56. The molecule has 1 aliphatic rings. The maximum atomic E-state index is 5.48. The Morgan fingerprint density at radius 3 is 2.32 bits per heavy atom. The molecule has 5 nitrogen and oxygen atoms in total. The Kier molecular flexibility index (Phi) is 4.37. The van der Waals surface area contributed by atoms with Crippen molar-refractivity contribution in [3.63, 3.8) is 0 Å². The van der Waals surface area contributed by atoms with Crippen LogP contribution in [0.15, 0.2) is 6.07 Å². The molecule has 0 unspecified atom stereocenters. The van der Waals surface area contributed by atoms with Crippen molar-refractivity contribution in [2.24, 2.45) is 0 Å². The molecule has 0 aromatic carbocycles. The summed E-state index contributed by atoms with van der Waals surface area (Å²) in [4.78, 5) is 11.2. The van der Waals surface area contributed by atoms with Crippen LogP contribution in [0.5, 0.6) is 0 Å². The summed E-state index contributed by atoms with van der Waals surface area (Å²) in [6.07, 6.45) is 2.08. The van der Waals surface area contributed by atoms with Crippen molar-refractivity contribution in [1.29, 1.82) is 0 Å². The summed E-state index contributed by atoms with van der Waals surface area (Å²) < 4.78 is 5.48. The summed E-state index contributed by atoms with van der Waals surface area (Å²) in [6, 6.07) is 1.99. The number of nitrogens with one attached hydrogen (secondary N) is 1. The molecule has 0 aliphatic carbocycles. The number of aryl methyl sites for hydroxylation is 2. The number of hydrogen-bond donors (Lipinski definition) is 1. The van der Waals surface area contributed by atoms with Crippen LogP contribution in [0.1, 0.15) is 24.2 Å². The van der Waals surface area contributed by atoms with E-state index in [0.29, 0.717) is 0 Å². The van der Waals surface area contributed by atoms with Gasteiger partial charge in [0.25, 0.3) is 0 Å². The molecule has 1 N–H and O–H groups in total. The zero-order valence-electron chi connectivity index (χ0n) is 12.4. The van der Waals surface area contributed by atoms with Gasteiger partial charge in [0.2, 0.25) is 5.95 Å². The Labute approximate surface area is 115 Å². The largest absolute Gasteiger partial charge is 0.381 e. The molecule has 19 heavy (non-hydrogen) atoms. The molecule has 0 bridgehead atoms. The van der Waals surface area contributed by atoms with Gasteiger partial charge in [-0.2, -0.15) is 0 Å². The minimum Gasteiger partial charge on any atom is -0.381 e. The van der Waals surface area contributed by atoms with Gasteiger partial charge in [-0.25, -0.2) is 9.97 Å². The molecule has 0 spiro atoms. The van der Waals surface area contributed by atoms with Gasteiger partial charge in [-0.3, -0.25) is 0 Å². The Balaban J connectivity index is 2.06. The number of likely N-dealkylation sites (N-methyl/N-ethyl adjacent to an activating group) is 1. The van der Waals surface area contributed by atoms with Gasteiger partial charge >= 0.3 is 0 Å². The van der Waals surface area contributed by atoms with Crippen LogP contribution in [0.25, 0.3) is 0 Å². The Morgan fingerprint density at radius 2 is 1.79 bits per heavy atom. The molecular weight excluding hydrogens is 240 g/mol. The first-order valence-corrected chi connectivity index (χ1v) is 6.83. The van der Waals surface area contributed by atoms with Gasteiger partial charge in [-0.1, -0.05) is 0 Å². The standard InChI is InChI=1S/C14H24N4O/c1-11-9-12(2)17-13(16-11)15-10-14(18(3)4)5-7-19-8-6-14/h9H,5-8,10H2,1-4H3,(H,15,16,17). The molecule has 106 valence electrons. The van der Waals surface area contributed by atoms with Crippen LogP contribution in [0.3, 0.4) is 0 Å². The van der Waals surface area contributed by atoms with Gasteiger partial charge in [0.05, 0.1) is 0 Å². The van der Waals surface area contributed by atoms with E-state index in [1.807, 2.05) is 19.9 Å². The van der Waals surface area contributed by atoms with E-state index in [1.165, 1.54) is 0 Å². The number of ether oxygens (including phenoxy) is 1. The molecule has 0 saturated carbocycles. The third kappa shape index (κ3) is 3.42. The van der Waals surface area contributed by atoms with Crippen molar-refractivity contribution < 1.29 is 4.74 Å². The Morgan fingerprint density at radius 1 is 1.21 bits per heavy atom. The van der Waals surface area contributed by atoms with Gasteiger partial charge in [0.1, 0.15) is 0 Å². The van der Waals surface area contributed by atoms with E-state index >= 15 is 0 Å². The fourth-order valence-electron chi connectivity index (χ4n) is 2.58. The molecule has 1 saturated heterocycles. The van der Waals surface area contributed by atoms with Crippen molar-refractivity contribution in [3.05, 3.63) is 17.5 Å². The number of aromatic nitrogens is 2. The predicted octanol–water partition coefficient (Wildman–Crippen LogP) is 1.62. The lowest BCUT2D eigenvalue weighted by Gasteiger charge is -2.42. The van der Waals surface area contributed by atoms with Gasteiger partial charge in [-0.15, -0.1) is 0 Å². The first-order chi connectivity index (χ1) is 9.02. The highest BCUT2D eigenvalue weighted by atomic mass is 16.5. The van der Waals surface area contributed by atoms with Crippen molar-refractivity contribution in [2.45, 2.75) is 32.2 Å². The highest BCUT2D eigenvalue weighted by Crippen LogP contribution is 2.26. The predicted molar refractivity (Wildman–Crippen MR) is 76.5 cm³/mol. The van der Waals surface area contributed by atoms with Crippen LogP contribution in [-0.4, -0.2) is 54.3 Å². The van der Waals surface area contributed by atoms with Crippen LogP contribution in [0, 0.1) is 13.8 Å². The van der Waals surface area contributed by atoms with Crippen LogP contribution in [0.2, 0.25) is 0 Å². The number of rotatable bonds is 4. The van der Waals surface area contributed by atoms with Crippen LogP contribution >= 0.6 is 0 Å². The lowest BCUT2D eigenvalue weighted by Crippen LogP contribution is -2.53. The van der Waals surface area contributed by atoms with E-state index in [-0.39, 0.29) is 5.54 Å². The third-order valence-electron chi connectivity index (χ3n) is 3.93. The first kappa shape index (κ1) is 14.2. The molecule has 0 atom stereocenters. The lowest BCUT2D eigenvalue weighted by molar-refractivity contribution is -0.000706. The summed E-state index contributed by atoms with van der Waals surface area (Å²) in [7, 11) is 4.27. The molecule has 1 aromatic heterocycles. The molecule has 1 aromatic rings. The molecule has 2 rings (SSSR count). The minimum atomic E-state index is 0.138. The Hall–Kier alpha value is -1.20. The summed E-state index contributed by atoms with van der Waals surface area (Å²) in [5.41, 5.74) is 2.14. The summed E-state index contributed by atoms with van der Waals surface area (Å²) in [5, 5.41) is 3.40. The monoisotopic (exact) mass is 264 g/mol. The van der Waals surface area contributed by atoms with Crippen LogP contribution in [-0.2, 0) is 4.74 Å². The van der Waals surface area contributed by atoms with Gasteiger partial charge in [0, 0.05) is 36.7 Å². The van der Waals surface area contributed by atoms with E-state index in [1.54, 1.807) is 0 Å². The highest BCUT2D eigenvalue weighted by molar-refractivity contribution is 5.28. The second kappa shape index (κ2) is 5.84. The van der Waals surface area contributed by atoms with Crippen molar-refractivity contribution in [1.82, 2.24) is 14.9 Å². The molecule has 1 aliphatic heterocycles. The van der Waals surface area contributed by atoms with Gasteiger partial charge < -0.3 is 15.0 Å². The quantitative estimate of drug-likeness (QED) is 0.895.